The van der Waals surface area contributed by atoms with E-state index in [0.29, 0.717) is 30.0 Å². The number of hydrogen-bond donors (Lipinski definition) is 1. The Labute approximate surface area is 160 Å². The predicted octanol–water partition coefficient (Wildman–Crippen LogP) is 4.29. The van der Waals surface area contributed by atoms with Crippen LogP contribution in [0.2, 0.25) is 0 Å². The van der Waals surface area contributed by atoms with Crippen molar-refractivity contribution in [3.8, 4) is 5.75 Å². The minimum absolute atomic E-state index is 0.0399. The number of nitrogens with one attached hydrogen (secondary N) is 1. The maximum Gasteiger partial charge on any atom is 0.228 e. The monoisotopic (exact) mass is 370 g/mol. The van der Waals surface area contributed by atoms with Crippen LogP contribution in [0.1, 0.15) is 31.7 Å². The average molecular weight is 370 g/mol. The van der Waals surface area contributed by atoms with E-state index < -0.39 is 0 Å². The topological polar surface area (TPSA) is 41.6 Å². The average Bonchev–Trinajstić information content (AvgIpc) is 3.47. The predicted molar refractivity (Wildman–Crippen MR) is 106 cm³/mol. The van der Waals surface area contributed by atoms with Gasteiger partial charge in [-0.2, -0.15) is 0 Å². The van der Waals surface area contributed by atoms with Gasteiger partial charge in [0.2, 0.25) is 5.91 Å². The molecule has 0 radical (unpaired) electrons. The molecule has 2 aromatic carbocycles. The molecule has 1 amide bonds. The second kappa shape index (κ2) is 9.00. The number of likely N-dealkylation sites (N-methyl/N-ethyl adjacent to an activating group) is 1. The van der Waals surface area contributed by atoms with Crippen molar-refractivity contribution in [3.05, 3.63) is 59.9 Å². The highest BCUT2D eigenvalue weighted by Crippen LogP contribution is 2.49. The first-order chi connectivity index (χ1) is 13.1. The normalized spacial score (nSPS) is 18.4. The molecular weight excluding hydrogens is 343 g/mol. The molecule has 0 aliphatic heterocycles. The number of rotatable bonds is 9. The molecule has 0 aromatic heterocycles. The molecule has 2 unspecified atom stereocenters. The number of nitrogens with zero attached hydrogens (tertiary/aromatic N) is 1. The molecule has 1 saturated carbocycles. The van der Waals surface area contributed by atoms with Crippen LogP contribution in [0, 0.1) is 11.7 Å². The van der Waals surface area contributed by atoms with Crippen LogP contribution < -0.4 is 10.1 Å². The summed E-state index contributed by atoms with van der Waals surface area (Å²) < 4.78 is 19.8. The molecule has 0 bridgehead atoms. The summed E-state index contributed by atoms with van der Waals surface area (Å²) in [5, 5.41) is 2.96. The molecule has 1 fully saturated rings. The Bertz CT molecular complexity index is 776. The van der Waals surface area contributed by atoms with E-state index in [1.165, 1.54) is 6.07 Å². The van der Waals surface area contributed by atoms with E-state index in [4.69, 9.17) is 4.74 Å². The lowest BCUT2D eigenvalue weighted by atomic mass is 10.1. The van der Waals surface area contributed by atoms with E-state index in [9.17, 15) is 9.18 Å². The fraction of sp³-hybridized carbons (Fsp3) is 0.409. The smallest absolute Gasteiger partial charge is 0.228 e. The van der Waals surface area contributed by atoms with Crippen LogP contribution in [-0.4, -0.2) is 37.0 Å². The first-order valence-electron chi connectivity index (χ1n) is 9.63. The highest BCUT2D eigenvalue weighted by molar-refractivity contribution is 5.96. The summed E-state index contributed by atoms with van der Waals surface area (Å²) in [5.74, 6) is 0.120. The summed E-state index contributed by atoms with van der Waals surface area (Å²) in [6, 6.07) is 14.1. The molecule has 1 aliphatic rings. The van der Waals surface area contributed by atoms with Crippen molar-refractivity contribution >= 4 is 11.6 Å². The Hall–Kier alpha value is -2.40. The molecule has 0 saturated heterocycles. The number of amides is 1. The van der Waals surface area contributed by atoms with E-state index in [-0.39, 0.29) is 23.6 Å². The third-order valence-electron chi connectivity index (χ3n) is 5.14. The summed E-state index contributed by atoms with van der Waals surface area (Å²) in [5.41, 5.74) is 1.29. The van der Waals surface area contributed by atoms with Crippen molar-refractivity contribution in [3.63, 3.8) is 0 Å². The zero-order chi connectivity index (χ0) is 19.2. The quantitative estimate of drug-likeness (QED) is 0.716. The Morgan fingerprint density at radius 2 is 1.85 bits per heavy atom. The number of hydrogen-bond acceptors (Lipinski definition) is 3. The number of carbonyl (C=O) groups excluding carboxylic acids is 1. The van der Waals surface area contributed by atoms with E-state index in [2.05, 4.69) is 24.1 Å². The summed E-state index contributed by atoms with van der Waals surface area (Å²) in [4.78, 5) is 14.9. The molecule has 144 valence electrons. The molecule has 2 aromatic rings. The first-order valence-corrected chi connectivity index (χ1v) is 9.63. The SMILES string of the molecule is CCN(CC)CCOc1ccccc1NC(=O)C1CC1c1ccccc1F. The Kier molecular flexibility index (Phi) is 6.45. The van der Waals surface area contributed by atoms with Crippen molar-refractivity contribution in [2.45, 2.75) is 26.2 Å². The summed E-state index contributed by atoms with van der Waals surface area (Å²) in [6.45, 7) is 7.62. The minimum atomic E-state index is -0.238. The van der Waals surface area contributed by atoms with E-state index >= 15 is 0 Å². The largest absolute Gasteiger partial charge is 0.490 e. The lowest BCUT2D eigenvalue weighted by molar-refractivity contribution is -0.117. The summed E-state index contributed by atoms with van der Waals surface area (Å²) >= 11 is 0. The van der Waals surface area contributed by atoms with Crippen molar-refractivity contribution in [1.29, 1.82) is 0 Å². The van der Waals surface area contributed by atoms with Gasteiger partial charge in [-0.05, 0) is 49.2 Å². The van der Waals surface area contributed by atoms with Crippen LogP contribution in [-0.2, 0) is 4.79 Å². The number of anilines is 1. The summed E-state index contributed by atoms with van der Waals surface area (Å²) in [7, 11) is 0. The van der Waals surface area contributed by atoms with Crippen molar-refractivity contribution in [2.75, 3.05) is 31.6 Å². The second-order valence-electron chi connectivity index (χ2n) is 6.83. The fourth-order valence-electron chi connectivity index (χ4n) is 3.35. The van der Waals surface area contributed by atoms with Gasteiger partial charge in [-0.3, -0.25) is 4.79 Å². The van der Waals surface area contributed by atoms with Crippen molar-refractivity contribution in [1.82, 2.24) is 4.90 Å². The molecule has 4 nitrogen and oxygen atoms in total. The first kappa shape index (κ1) is 19.4. The van der Waals surface area contributed by atoms with Gasteiger partial charge in [-0.1, -0.05) is 44.2 Å². The lowest BCUT2D eigenvalue weighted by Crippen LogP contribution is -2.28. The zero-order valence-corrected chi connectivity index (χ0v) is 16.0. The van der Waals surface area contributed by atoms with Gasteiger partial charge in [-0.15, -0.1) is 0 Å². The Balaban J connectivity index is 1.58. The molecule has 1 N–H and O–H groups in total. The van der Waals surface area contributed by atoms with Crippen LogP contribution in [0.4, 0.5) is 10.1 Å². The zero-order valence-electron chi connectivity index (χ0n) is 16.0. The van der Waals surface area contributed by atoms with E-state index in [1.54, 1.807) is 12.1 Å². The lowest BCUT2D eigenvalue weighted by Gasteiger charge is -2.19. The van der Waals surface area contributed by atoms with Crippen molar-refractivity contribution in [2.24, 2.45) is 5.92 Å². The van der Waals surface area contributed by atoms with Gasteiger partial charge in [0.05, 0.1) is 5.69 Å². The molecular formula is C22H27FN2O2. The van der Waals surface area contributed by atoms with Gasteiger partial charge < -0.3 is 15.0 Å². The summed E-state index contributed by atoms with van der Waals surface area (Å²) in [6.07, 6.45) is 0.678. The van der Waals surface area contributed by atoms with Crippen LogP contribution in [0.15, 0.2) is 48.5 Å². The molecule has 3 rings (SSSR count). The van der Waals surface area contributed by atoms with E-state index in [1.807, 2.05) is 30.3 Å². The Morgan fingerprint density at radius 1 is 1.15 bits per heavy atom. The maximum absolute atomic E-state index is 13.9. The molecule has 2 atom stereocenters. The van der Waals surface area contributed by atoms with Gasteiger partial charge >= 0.3 is 0 Å². The van der Waals surface area contributed by atoms with Crippen molar-refractivity contribution < 1.29 is 13.9 Å². The number of carbonyl (C=O) groups is 1. The highest BCUT2D eigenvalue weighted by Gasteiger charge is 2.45. The fourth-order valence-corrected chi connectivity index (χ4v) is 3.35. The number of benzene rings is 2. The number of ether oxygens (including phenoxy) is 1. The number of halogens is 1. The number of para-hydroxylation sites is 2. The highest BCUT2D eigenvalue weighted by atomic mass is 19.1. The molecule has 1 aliphatic carbocycles. The van der Waals surface area contributed by atoms with Gasteiger partial charge in [0.1, 0.15) is 18.2 Å². The van der Waals surface area contributed by atoms with Gasteiger partial charge in [0.15, 0.2) is 0 Å². The minimum Gasteiger partial charge on any atom is -0.490 e. The van der Waals surface area contributed by atoms with Crippen LogP contribution in [0.25, 0.3) is 0 Å². The van der Waals surface area contributed by atoms with Gasteiger partial charge in [-0.25, -0.2) is 4.39 Å². The third-order valence-corrected chi connectivity index (χ3v) is 5.14. The van der Waals surface area contributed by atoms with Gasteiger partial charge in [0, 0.05) is 12.5 Å². The Morgan fingerprint density at radius 3 is 2.59 bits per heavy atom. The van der Waals surface area contributed by atoms with Crippen LogP contribution >= 0.6 is 0 Å². The van der Waals surface area contributed by atoms with E-state index in [0.717, 1.165) is 19.6 Å². The second-order valence-corrected chi connectivity index (χ2v) is 6.83. The maximum atomic E-state index is 13.9. The van der Waals surface area contributed by atoms with Gasteiger partial charge in [0.25, 0.3) is 0 Å². The van der Waals surface area contributed by atoms with Crippen LogP contribution in [0.3, 0.4) is 0 Å². The molecule has 5 heteroatoms. The molecule has 0 spiro atoms. The third kappa shape index (κ3) is 4.86. The van der Waals surface area contributed by atoms with Crippen LogP contribution in [0.5, 0.6) is 5.75 Å². The standard InChI is InChI=1S/C22H27FN2O2/c1-3-25(4-2)13-14-27-21-12-8-7-11-20(21)24-22(26)18-15-17(18)16-9-5-6-10-19(16)23/h5-12,17-18H,3-4,13-15H2,1-2H3,(H,24,26). The molecule has 0 heterocycles. The molecule has 27 heavy (non-hydrogen) atoms.